The molecule has 0 spiro atoms. The summed E-state index contributed by atoms with van der Waals surface area (Å²) in [5.74, 6) is -1.81. The minimum atomic E-state index is -0.753. The van der Waals surface area contributed by atoms with Gasteiger partial charge in [0.15, 0.2) is 6.61 Å². The smallest absolute Gasteiger partial charge is 0.261 e. The molecule has 1 aromatic carbocycles. The van der Waals surface area contributed by atoms with E-state index in [9.17, 15) is 18.7 Å². The fourth-order valence-electron chi connectivity index (χ4n) is 2.81. The number of aliphatic hydroxyl groups is 1. The quantitative estimate of drug-likeness (QED) is 0.906. The molecule has 0 aliphatic carbocycles. The molecule has 2 rings (SSSR count). The molecule has 6 heteroatoms. The second kappa shape index (κ2) is 6.39. The Kier molecular flexibility index (Phi) is 4.77. The zero-order valence-electron chi connectivity index (χ0n) is 11.9. The largest absolute Gasteiger partial charge is 0.484 e. The zero-order chi connectivity index (χ0) is 15.5. The summed E-state index contributed by atoms with van der Waals surface area (Å²) < 4.78 is 31.2. The van der Waals surface area contributed by atoms with Crippen LogP contribution in [0.5, 0.6) is 5.75 Å². The highest BCUT2D eigenvalue weighted by Gasteiger charge is 2.41. The number of rotatable bonds is 5. The van der Waals surface area contributed by atoms with Crippen molar-refractivity contribution in [3.8, 4) is 5.75 Å². The Morgan fingerprint density at radius 2 is 2.05 bits per heavy atom. The van der Waals surface area contributed by atoms with Crippen molar-refractivity contribution in [1.29, 1.82) is 0 Å². The molecule has 1 atom stereocenters. The molecule has 1 aromatic rings. The lowest BCUT2D eigenvalue weighted by Crippen LogP contribution is -2.51. The van der Waals surface area contributed by atoms with E-state index in [-0.39, 0.29) is 24.9 Å². The number of nitrogens with zero attached hydrogens (tertiary/aromatic N) is 1. The highest BCUT2D eigenvalue weighted by molar-refractivity contribution is 5.79. The van der Waals surface area contributed by atoms with Crippen molar-refractivity contribution in [2.75, 3.05) is 19.8 Å². The normalized spacial score (nSPS) is 21.6. The lowest BCUT2D eigenvalue weighted by atomic mass is 9.94. The third-order valence-corrected chi connectivity index (χ3v) is 4.05. The van der Waals surface area contributed by atoms with E-state index in [2.05, 4.69) is 0 Å². The second-order valence-corrected chi connectivity index (χ2v) is 5.28. The van der Waals surface area contributed by atoms with Gasteiger partial charge in [-0.2, -0.15) is 0 Å². The van der Waals surface area contributed by atoms with Gasteiger partial charge >= 0.3 is 0 Å². The second-order valence-electron chi connectivity index (χ2n) is 5.28. The van der Waals surface area contributed by atoms with Crippen LogP contribution < -0.4 is 4.74 Å². The summed E-state index contributed by atoms with van der Waals surface area (Å²) in [5.41, 5.74) is -0.534. The van der Waals surface area contributed by atoms with Crippen LogP contribution in [-0.4, -0.2) is 41.2 Å². The van der Waals surface area contributed by atoms with Gasteiger partial charge in [0.2, 0.25) is 0 Å². The van der Waals surface area contributed by atoms with Gasteiger partial charge < -0.3 is 14.7 Å². The van der Waals surface area contributed by atoms with Gasteiger partial charge in [-0.25, -0.2) is 8.78 Å². The number of carbonyl (C=O) groups excluding carboxylic acids is 1. The summed E-state index contributed by atoms with van der Waals surface area (Å²) >= 11 is 0. The van der Waals surface area contributed by atoms with Crippen LogP contribution in [0.3, 0.4) is 0 Å². The number of halogens is 2. The topological polar surface area (TPSA) is 49.8 Å². The SMILES string of the molecule is CCC1(CO)CCCN1C(=O)COc1cc(F)cc(F)c1. The molecule has 1 amide bonds. The molecular formula is C15H19F2NO3. The Hall–Kier alpha value is -1.69. The van der Waals surface area contributed by atoms with Crippen molar-refractivity contribution < 1.29 is 23.4 Å². The van der Waals surface area contributed by atoms with Gasteiger partial charge in [0.1, 0.15) is 17.4 Å². The number of hydrogen-bond donors (Lipinski definition) is 1. The first-order valence-electron chi connectivity index (χ1n) is 7.01. The summed E-state index contributed by atoms with van der Waals surface area (Å²) in [6, 6.07) is 2.79. The van der Waals surface area contributed by atoms with Gasteiger partial charge in [-0.3, -0.25) is 4.79 Å². The van der Waals surface area contributed by atoms with E-state index < -0.39 is 17.2 Å². The van der Waals surface area contributed by atoms with Gasteiger partial charge in [0.05, 0.1) is 12.1 Å². The molecule has 0 saturated carbocycles. The van der Waals surface area contributed by atoms with Gasteiger partial charge in [-0.1, -0.05) is 6.92 Å². The highest BCUT2D eigenvalue weighted by atomic mass is 19.1. The van der Waals surface area contributed by atoms with Crippen molar-refractivity contribution >= 4 is 5.91 Å². The minimum Gasteiger partial charge on any atom is -0.484 e. The van der Waals surface area contributed by atoms with Crippen LogP contribution in [0.1, 0.15) is 26.2 Å². The number of aliphatic hydroxyl groups excluding tert-OH is 1. The monoisotopic (exact) mass is 299 g/mol. The lowest BCUT2D eigenvalue weighted by molar-refractivity contribution is -0.139. The predicted molar refractivity (Wildman–Crippen MR) is 72.9 cm³/mol. The molecule has 1 fully saturated rings. The third-order valence-electron chi connectivity index (χ3n) is 4.05. The first-order chi connectivity index (χ1) is 10.0. The molecule has 1 unspecified atom stereocenters. The number of benzene rings is 1. The molecule has 1 saturated heterocycles. The third kappa shape index (κ3) is 3.32. The van der Waals surface area contributed by atoms with Crippen molar-refractivity contribution in [3.63, 3.8) is 0 Å². The van der Waals surface area contributed by atoms with Crippen molar-refractivity contribution in [2.45, 2.75) is 31.7 Å². The summed E-state index contributed by atoms with van der Waals surface area (Å²) in [4.78, 5) is 13.8. The van der Waals surface area contributed by atoms with Gasteiger partial charge in [0.25, 0.3) is 5.91 Å². The lowest BCUT2D eigenvalue weighted by Gasteiger charge is -2.36. The average Bonchev–Trinajstić information content (AvgIpc) is 2.88. The van der Waals surface area contributed by atoms with Crippen LogP contribution in [0.25, 0.3) is 0 Å². The number of carbonyl (C=O) groups is 1. The van der Waals surface area contributed by atoms with Crippen LogP contribution >= 0.6 is 0 Å². The maximum absolute atomic E-state index is 13.0. The molecule has 1 N–H and O–H groups in total. The van der Waals surface area contributed by atoms with Crippen LogP contribution in [0, 0.1) is 11.6 Å². The first kappa shape index (κ1) is 15.7. The molecule has 116 valence electrons. The fourth-order valence-corrected chi connectivity index (χ4v) is 2.81. The van der Waals surface area contributed by atoms with Crippen LogP contribution in [0.15, 0.2) is 18.2 Å². The minimum absolute atomic E-state index is 0.0221. The Morgan fingerprint density at radius 3 is 2.62 bits per heavy atom. The maximum Gasteiger partial charge on any atom is 0.261 e. The Labute approximate surface area is 122 Å². The molecule has 1 aliphatic rings. The Morgan fingerprint density at radius 1 is 1.38 bits per heavy atom. The number of ether oxygens (including phenoxy) is 1. The summed E-state index contributed by atoms with van der Waals surface area (Å²) in [5, 5.41) is 9.56. The Balaban J connectivity index is 2.01. The predicted octanol–water partition coefficient (Wildman–Crippen LogP) is 2.11. The molecule has 0 bridgehead atoms. The van der Waals surface area contributed by atoms with Gasteiger partial charge in [0, 0.05) is 24.7 Å². The molecular weight excluding hydrogens is 280 g/mol. The van der Waals surface area contributed by atoms with Gasteiger partial charge in [-0.05, 0) is 19.3 Å². The summed E-state index contributed by atoms with van der Waals surface area (Å²) in [6.45, 7) is 2.09. The van der Waals surface area contributed by atoms with E-state index in [0.29, 0.717) is 13.0 Å². The Bertz CT molecular complexity index is 497. The van der Waals surface area contributed by atoms with E-state index in [4.69, 9.17) is 4.74 Å². The molecule has 21 heavy (non-hydrogen) atoms. The maximum atomic E-state index is 13.0. The van der Waals surface area contributed by atoms with E-state index in [1.165, 1.54) is 0 Å². The van der Waals surface area contributed by atoms with Crippen molar-refractivity contribution in [2.24, 2.45) is 0 Å². The van der Waals surface area contributed by atoms with Crippen LogP contribution in [0.4, 0.5) is 8.78 Å². The highest BCUT2D eigenvalue weighted by Crippen LogP contribution is 2.32. The zero-order valence-corrected chi connectivity index (χ0v) is 11.9. The first-order valence-corrected chi connectivity index (χ1v) is 7.01. The van der Waals surface area contributed by atoms with E-state index in [1.807, 2.05) is 6.92 Å². The standard InChI is InChI=1S/C15H19F2NO3/c1-2-15(10-19)4-3-5-18(15)14(20)9-21-13-7-11(16)6-12(17)8-13/h6-8,19H,2-5,9-10H2,1H3. The molecule has 1 aliphatic heterocycles. The van der Waals surface area contributed by atoms with E-state index in [0.717, 1.165) is 31.0 Å². The van der Waals surface area contributed by atoms with Gasteiger partial charge in [-0.15, -0.1) is 0 Å². The molecule has 0 radical (unpaired) electrons. The van der Waals surface area contributed by atoms with Crippen molar-refractivity contribution in [1.82, 2.24) is 4.90 Å². The number of hydrogen-bond acceptors (Lipinski definition) is 3. The fraction of sp³-hybridized carbons (Fsp3) is 0.533. The van der Waals surface area contributed by atoms with Crippen LogP contribution in [-0.2, 0) is 4.79 Å². The van der Waals surface area contributed by atoms with Crippen molar-refractivity contribution in [3.05, 3.63) is 29.8 Å². The summed E-state index contributed by atoms with van der Waals surface area (Å²) in [7, 11) is 0. The molecule has 4 nitrogen and oxygen atoms in total. The average molecular weight is 299 g/mol. The summed E-state index contributed by atoms with van der Waals surface area (Å²) in [6.07, 6.45) is 2.24. The molecule has 0 aromatic heterocycles. The molecule has 1 heterocycles. The van der Waals surface area contributed by atoms with Crippen LogP contribution in [0.2, 0.25) is 0 Å². The van der Waals surface area contributed by atoms with E-state index in [1.54, 1.807) is 4.90 Å². The number of likely N-dealkylation sites (tertiary alicyclic amines) is 1. The number of amides is 1. The van der Waals surface area contributed by atoms with E-state index >= 15 is 0 Å².